The summed E-state index contributed by atoms with van der Waals surface area (Å²) in [7, 11) is 1.59. The van der Waals surface area contributed by atoms with Crippen LogP contribution in [0.1, 0.15) is 19.0 Å². The van der Waals surface area contributed by atoms with Crippen LogP contribution in [0.3, 0.4) is 0 Å². The summed E-state index contributed by atoms with van der Waals surface area (Å²) in [5.74, 6) is 1.08. The van der Waals surface area contributed by atoms with E-state index in [1.54, 1.807) is 7.11 Å². The summed E-state index contributed by atoms with van der Waals surface area (Å²) in [5, 5.41) is 0. The highest BCUT2D eigenvalue weighted by molar-refractivity contribution is 5.27. The molecule has 0 spiro atoms. The maximum absolute atomic E-state index is 6.09. The zero-order valence-electron chi connectivity index (χ0n) is 7.82. The van der Waals surface area contributed by atoms with Gasteiger partial charge in [-0.05, 0) is 12.3 Å². The summed E-state index contributed by atoms with van der Waals surface area (Å²) in [4.78, 5) is 8.09. The van der Waals surface area contributed by atoms with Crippen molar-refractivity contribution in [3.8, 4) is 5.88 Å². The van der Waals surface area contributed by atoms with E-state index in [9.17, 15) is 0 Å². The van der Waals surface area contributed by atoms with Gasteiger partial charge in [-0.1, -0.05) is 6.92 Å². The molecule has 2 atom stereocenters. The number of ether oxygens (including phenoxy) is 1. The van der Waals surface area contributed by atoms with E-state index in [4.69, 9.17) is 10.5 Å². The second-order valence-corrected chi connectivity index (χ2v) is 3.59. The Morgan fingerprint density at radius 3 is 2.85 bits per heavy atom. The topological polar surface area (TPSA) is 61.0 Å². The van der Waals surface area contributed by atoms with E-state index in [2.05, 4.69) is 16.9 Å². The van der Waals surface area contributed by atoms with Gasteiger partial charge in [0.1, 0.15) is 6.33 Å². The van der Waals surface area contributed by atoms with Gasteiger partial charge in [0, 0.05) is 6.07 Å². The van der Waals surface area contributed by atoms with Crippen LogP contribution >= 0.6 is 0 Å². The fourth-order valence-corrected chi connectivity index (χ4v) is 1.51. The number of nitrogens with zero attached hydrogens (tertiary/aromatic N) is 2. The van der Waals surface area contributed by atoms with Crippen molar-refractivity contribution in [2.24, 2.45) is 11.7 Å². The lowest BCUT2D eigenvalue weighted by Gasteiger charge is -2.09. The zero-order valence-corrected chi connectivity index (χ0v) is 7.82. The van der Waals surface area contributed by atoms with Gasteiger partial charge >= 0.3 is 0 Å². The fraction of sp³-hybridized carbons (Fsp3) is 0.556. The van der Waals surface area contributed by atoms with Gasteiger partial charge < -0.3 is 10.5 Å². The van der Waals surface area contributed by atoms with Crippen LogP contribution in [0.25, 0.3) is 0 Å². The highest BCUT2D eigenvalue weighted by atomic mass is 16.5. The SMILES string of the molecule is COc1cc(C2(N)CC2C)ncn1. The Bertz CT molecular complexity index is 328. The van der Waals surface area contributed by atoms with Crippen molar-refractivity contribution >= 4 is 0 Å². The summed E-state index contributed by atoms with van der Waals surface area (Å²) >= 11 is 0. The van der Waals surface area contributed by atoms with Gasteiger partial charge in [0.2, 0.25) is 5.88 Å². The predicted octanol–water partition coefficient (Wildman–Crippen LogP) is 0.679. The molecule has 1 aromatic rings. The molecule has 0 aliphatic heterocycles. The molecule has 2 unspecified atom stereocenters. The first-order valence-electron chi connectivity index (χ1n) is 4.32. The molecule has 1 aliphatic rings. The molecule has 0 bridgehead atoms. The third-order valence-corrected chi connectivity index (χ3v) is 2.69. The Morgan fingerprint density at radius 2 is 2.31 bits per heavy atom. The summed E-state index contributed by atoms with van der Waals surface area (Å²) in [5.41, 5.74) is 6.73. The molecule has 1 aromatic heterocycles. The molecular formula is C9H13N3O. The van der Waals surface area contributed by atoms with Gasteiger partial charge in [-0.3, -0.25) is 0 Å². The average Bonchev–Trinajstić information content (AvgIpc) is 2.77. The second kappa shape index (κ2) is 2.67. The lowest BCUT2D eigenvalue weighted by Crippen LogP contribution is -2.23. The van der Waals surface area contributed by atoms with Crippen molar-refractivity contribution in [2.75, 3.05) is 7.11 Å². The Morgan fingerprint density at radius 1 is 1.62 bits per heavy atom. The average molecular weight is 179 g/mol. The molecule has 4 heteroatoms. The first-order chi connectivity index (χ1) is 6.16. The van der Waals surface area contributed by atoms with Crippen molar-refractivity contribution in [3.05, 3.63) is 18.1 Å². The van der Waals surface area contributed by atoms with Crippen molar-refractivity contribution in [1.82, 2.24) is 9.97 Å². The fourth-order valence-electron chi connectivity index (χ4n) is 1.51. The Labute approximate surface area is 77.1 Å². The van der Waals surface area contributed by atoms with Crippen LogP contribution in [0, 0.1) is 5.92 Å². The highest BCUT2D eigenvalue weighted by Gasteiger charge is 2.50. The number of hydrogen-bond acceptors (Lipinski definition) is 4. The molecule has 4 nitrogen and oxygen atoms in total. The first-order valence-corrected chi connectivity index (χ1v) is 4.32. The van der Waals surface area contributed by atoms with Crippen molar-refractivity contribution in [3.63, 3.8) is 0 Å². The Balaban J connectivity index is 2.31. The van der Waals surface area contributed by atoms with Crippen LogP contribution in [0.4, 0.5) is 0 Å². The lowest BCUT2D eigenvalue weighted by molar-refractivity contribution is 0.394. The number of hydrogen-bond donors (Lipinski definition) is 1. The normalized spacial score (nSPS) is 31.5. The minimum absolute atomic E-state index is 0.240. The first kappa shape index (κ1) is 8.44. The van der Waals surface area contributed by atoms with Gasteiger partial charge in [-0.15, -0.1) is 0 Å². The maximum Gasteiger partial charge on any atom is 0.216 e. The highest BCUT2D eigenvalue weighted by Crippen LogP contribution is 2.48. The van der Waals surface area contributed by atoms with Gasteiger partial charge in [0.15, 0.2) is 0 Å². The molecule has 0 aromatic carbocycles. The molecule has 1 fully saturated rings. The molecule has 0 amide bonds. The minimum atomic E-state index is -0.240. The van der Waals surface area contributed by atoms with Gasteiger partial charge in [-0.25, -0.2) is 9.97 Å². The summed E-state index contributed by atoms with van der Waals surface area (Å²) in [6, 6.07) is 1.81. The molecule has 1 saturated carbocycles. The van der Waals surface area contributed by atoms with E-state index in [0.29, 0.717) is 11.8 Å². The molecule has 13 heavy (non-hydrogen) atoms. The van der Waals surface area contributed by atoms with Gasteiger partial charge in [0.05, 0.1) is 18.3 Å². The van der Waals surface area contributed by atoms with Crippen molar-refractivity contribution in [1.29, 1.82) is 0 Å². The van der Waals surface area contributed by atoms with Crippen molar-refractivity contribution in [2.45, 2.75) is 18.9 Å². The predicted molar refractivity (Wildman–Crippen MR) is 48.2 cm³/mol. The lowest BCUT2D eigenvalue weighted by atomic mass is 10.1. The Kier molecular flexibility index (Phi) is 1.73. The van der Waals surface area contributed by atoms with Crippen LogP contribution in [0.5, 0.6) is 5.88 Å². The number of rotatable bonds is 2. The van der Waals surface area contributed by atoms with Crippen molar-refractivity contribution < 1.29 is 4.74 Å². The third kappa shape index (κ3) is 1.27. The molecule has 1 heterocycles. The molecule has 2 rings (SSSR count). The van der Waals surface area contributed by atoms with E-state index < -0.39 is 0 Å². The van der Waals surface area contributed by atoms with E-state index in [-0.39, 0.29) is 5.54 Å². The quantitative estimate of drug-likeness (QED) is 0.725. The molecule has 1 aliphatic carbocycles. The number of nitrogens with two attached hydrogens (primary N) is 1. The van der Waals surface area contributed by atoms with Crippen LogP contribution in [0.2, 0.25) is 0 Å². The third-order valence-electron chi connectivity index (χ3n) is 2.69. The van der Waals surface area contributed by atoms with E-state index in [1.807, 2.05) is 6.07 Å². The monoisotopic (exact) mass is 179 g/mol. The van der Waals surface area contributed by atoms with E-state index in [0.717, 1.165) is 12.1 Å². The van der Waals surface area contributed by atoms with Gasteiger partial charge in [-0.2, -0.15) is 0 Å². The molecular weight excluding hydrogens is 166 g/mol. The maximum atomic E-state index is 6.09. The molecule has 70 valence electrons. The van der Waals surface area contributed by atoms with Crippen LogP contribution < -0.4 is 10.5 Å². The van der Waals surface area contributed by atoms with Crippen LogP contribution in [-0.2, 0) is 5.54 Å². The summed E-state index contributed by atoms with van der Waals surface area (Å²) in [6.45, 7) is 2.12. The van der Waals surface area contributed by atoms with Crippen LogP contribution in [-0.4, -0.2) is 17.1 Å². The summed E-state index contributed by atoms with van der Waals surface area (Å²) < 4.78 is 5.01. The summed E-state index contributed by atoms with van der Waals surface area (Å²) in [6.07, 6.45) is 2.49. The van der Waals surface area contributed by atoms with E-state index >= 15 is 0 Å². The largest absolute Gasteiger partial charge is 0.481 e. The van der Waals surface area contributed by atoms with Crippen LogP contribution in [0.15, 0.2) is 12.4 Å². The standard InChI is InChI=1S/C9H13N3O/c1-6-4-9(6,10)7-3-8(13-2)12-5-11-7/h3,5-6H,4,10H2,1-2H3. The minimum Gasteiger partial charge on any atom is -0.481 e. The smallest absolute Gasteiger partial charge is 0.216 e. The molecule has 0 saturated heterocycles. The molecule has 2 N–H and O–H groups in total. The molecule has 0 radical (unpaired) electrons. The van der Waals surface area contributed by atoms with E-state index in [1.165, 1.54) is 6.33 Å². The van der Waals surface area contributed by atoms with Gasteiger partial charge in [0.25, 0.3) is 0 Å². The number of methoxy groups -OCH3 is 1. The second-order valence-electron chi connectivity index (χ2n) is 3.59. The Hall–Kier alpha value is -1.16. The number of aromatic nitrogens is 2. The zero-order chi connectivity index (χ0) is 9.47.